The molecule has 1 unspecified atom stereocenters. The van der Waals surface area contributed by atoms with Gasteiger partial charge in [-0.05, 0) is 99.3 Å². The first-order chi connectivity index (χ1) is 15.9. The molecule has 1 aromatic heterocycles. The lowest BCUT2D eigenvalue weighted by molar-refractivity contribution is -0.138. The molecule has 1 amide bonds. The van der Waals surface area contributed by atoms with Crippen LogP contribution < -0.4 is 10.2 Å². The van der Waals surface area contributed by atoms with Crippen LogP contribution in [-0.4, -0.2) is 46.3 Å². The lowest BCUT2D eigenvalue weighted by Crippen LogP contribution is -2.59. The number of carbonyl (C=O) groups excluding carboxylic acids is 1. The van der Waals surface area contributed by atoms with E-state index in [1.54, 1.807) is 11.8 Å². The molecule has 1 saturated heterocycles. The molecule has 4 bridgehead atoms. The summed E-state index contributed by atoms with van der Waals surface area (Å²) in [6.45, 7) is 3.75. The number of hydrogen-bond donors (Lipinski definition) is 2. The van der Waals surface area contributed by atoms with Crippen LogP contribution in [0.1, 0.15) is 81.5 Å². The summed E-state index contributed by atoms with van der Waals surface area (Å²) in [6, 6.07) is 3.92. The number of pyridine rings is 1. The average molecular weight is 472 g/mol. The Kier molecular flexibility index (Phi) is 6.60. The Hall–Kier alpha value is -1.76. The van der Waals surface area contributed by atoms with Gasteiger partial charge in [0.25, 0.3) is 5.91 Å². The van der Waals surface area contributed by atoms with Crippen LogP contribution in [0.25, 0.3) is 0 Å². The van der Waals surface area contributed by atoms with Crippen LogP contribution in [-0.2, 0) is 4.79 Å². The van der Waals surface area contributed by atoms with E-state index in [-0.39, 0.29) is 23.8 Å². The van der Waals surface area contributed by atoms with Gasteiger partial charge in [0.2, 0.25) is 0 Å². The number of carboxylic acids is 1. The number of thioether (sulfide) groups is 1. The lowest BCUT2D eigenvalue weighted by atomic mass is 9.53. The average Bonchev–Trinajstić information content (AvgIpc) is 2.76. The molecular formula is C26H37N3O3S. The van der Waals surface area contributed by atoms with Crippen LogP contribution >= 0.6 is 11.8 Å². The van der Waals surface area contributed by atoms with E-state index in [2.05, 4.69) is 17.1 Å². The Bertz CT molecular complexity index is 869. The van der Waals surface area contributed by atoms with E-state index in [1.165, 1.54) is 19.3 Å². The molecule has 1 aliphatic heterocycles. The molecule has 6 rings (SSSR count). The van der Waals surface area contributed by atoms with E-state index in [0.717, 1.165) is 86.0 Å². The number of piperidine rings is 1. The number of nitrogens with zero attached hydrogens (tertiary/aromatic N) is 2. The number of carbonyl (C=O) groups is 2. The fraction of sp³-hybridized carbons (Fsp3) is 0.731. The minimum absolute atomic E-state index is 0.00583. The summed E-state index contributed by atoms with van der Waals surface area (Å²) in [4.78, 5) is 31.9. The third kappa shape index (κ3) is 5.03. The van der Waals surface area contributed by atoms with Gasteiger partial charge < -0.3 is 15.3 Å². The number of aromatic nitrogens is 1. The molecule has 33 heavy (non-hydrogen) atoms. The van der Waals surface area contributed by atoms with Crippen molar-refractivity contribution in [1.82, 2.24) is 10.3 Å². The Morgan fingerprint density at radius 1 is 1.18 bits per heavy atom. The van der Waals surface area contributed by atoms with E-state index >= 15 is 0 Å². The van der Waals surface area contributed by atoms with Gasteiger partial charge in [-0.2, -0.15) is 0 Å². The van der Waals surface area contributed by atoms with Crippen LogP contribution in [0.3, 0.4) is 0 Å². The lowest BCUT2D eigenvalue weighted by Gasteiger charge is -2.56. The molecule has 4 saturated carbocycles. The monoisotopic (exact) mass is 471 g/mol. The summed E-state index contributed by atoms with van der Waals surface area (Å²) in [5.74, 6) is 3.65. The second kappa shape index (κ2) is 9.47. The Morgan fingerprint density at radius 2 is 1.88 bits per heavy atom. The maximum atomic E-state index is 13.5. The maximum absolute atomic E-state index is 13.5. The highest BCUT2D eigenvalue weighted by Gasteiger charge is 2.51. The van der Waals surface area contributed by atoms with Gasteiger partial charge in [-0.15, -0.1) is 11.8 Å². The molecule has 180 valence electrons. The molecule has 6 nitrogen and oxygen atoms in total. The van der Waals surface area contributed by atoms with Crippen molar-refractivity contribution in [2.45, 2.75) is 81.7 Å². The molecule has 0 spiro atoms. The van der Waals surface area contributed by atoms with Gasteiger partial charge in [-0.1, -0.05) is 6.92 Å². The largest absolute Gasteiger partial charge is 0.481 e. The summed E-state index contributed by atoms with van der Waals surface area (Å²) < 4.78 is 0. The Labute approximate surface area is 201 Å². The summed E-state index contributed by atoms with van der Waals surface area (Å²) in [5.41, 5.74) is 0.695. The third-order valence-corrected chi connectivity index (χ3v) is 9.45. The van der Waals surface area contributed by atoms with Crippen LogP contribution in [0, 0.1) is 23.7 Å². The fourth-order valence-corrected chi connectivity index (χ4v) is 8.22. The van der Waals surface area contributed by atoms with Gasteiger partial charge in [0.1, 0.15) is 10.8 Å². The minimum atomic E-state index is -0.731. The highest BCUT2D eigenvalue weighted by Crippen LogP contribution is 2.55. The predicted octanol–water partition coefficient (Wildman–Crippen LogP) is 4.97. The summed E-state index contributed by atoms with van der Waals surface area (Å²) in [7, 11) is 0. The van der Waals surface area contributed by atoms with Crippen LogP contribution in [0.15, 0.2) is 17.2 Å². The van der Waals surface area contributed by atoms with Gasteiger partial charge in [0.05, 0.1) is 5.56 Å². The molecule has 2 heterocycles. The quantitative estimate of drug-likeness (QED) is 0.521. The zero-order valence-electron chi connectivity index (χ0n) is 19.7. The van der Waals surface area contributed by atoms with Crippen LogP contribution in [0.5, 0.6) is 0 Å². The molecule has 5 fully saturated rings. The molecule has 7 heteroatoms. The highest BCUT2D eigenvalue weighted by molar-refractivity contribution is 7.99. The summed E-state index contributed by atoms with van der Waals surface area (Å²) >= 11 is 1.66. The van der Waals surface area contributed by atoms with Gasteiger partial charge in [-0.3, -0.25) is 9.59 Å². The maximum Gasteiger partial charge on any atom is 0.303 e. The SMILES string of the molecule is CCCSc1nc(N2CCCC(CC(=O)O)C2)ccc1C(=O)NC12CC3CC(CC(C3)C1)C2. The Balaban J connectivity index is 1.34. The van der Waals surface area contributed by atoms with E-state index in [0.29, 0.717) is 5.56 Å². The molecule has 0 aromatic carbocycles. The first-order valence-electron chi connectivity index (χ1n) is 12.9. The molecule has 4 aliphatic carbocycles. The molecule has 5 aliphatic rings. The topological polar surface area (TPSA) is 82.5 Å². The van der Waals surface area contributed by atoms with Gasteiger partial charge >= 0.3 is 5.97 Å². The molecular weight excluding hydrogens is 434 g/mol. The van der Waals surface area contributed by atoms with E-state index in [4.69, 9.17) is 4.98 Å². The van der Waals surface area contributed by atoms with Gasteiger partial charge in [0.15, 0.2) is 0 Å². The first-order valence-corrected chi connectivity index (χ1v) is 13.8. The molecule has 1 atom stereocenters. The van der Waals surface area contributed by atoms with E-state index in [1.807, 2.05) is 12.1 Å². The van der Waals surface area contributed by atoms with Crippen molar-refractivity contribution in [2.75, 3.05) is 23.7 Å². The first kappa shape index (κ1) is 23.0. The van der Waals surface area contributed by atoms with Crippen molar-refractivity contribution in [2.24, 2.45) is 23.7 Å². The van der Waals surface area contributed by atoms with Crippen molar-refractivity contribution >= 4 is 29.5 Å². The number of rotatable bonds is 8. The zero-order valence-corrected chi connectivity index (χ0v) is 20.5. The second-order valence-corrected chi connectivity index (χ2v) is 12.2. The van der Waals surface area contributed by atoms with Gasteiger partial charge in [0, 0.05) is 25.0 Å². The normalized spacial score (nSPS) is 32.7. The number of hydrogen-bond acceptors (Lipinski definition) is 5. The fourth-order valence-electron chi connectivity index (χ4n) is 7.35. The number of aliphatic carboxylic acids is 1. The third-order valence-electron chi connectivity index (χ3n) is 8.26. The standard InChI is InChI=1S/C26H37N3O3S/c1-2-8-33-25-21(5-6-22(27-25)29-7-3-4-17(16-29)12-23(30)31)24(32)28-26-13-18-9-19(14-26)11-20(10-18)15-26/h5-6,17-20H,2-4,7-16H2,1H3,(H,28,32)(H,30,31). The van der Waals surface area contributed by atoms with E-state index in [9.17, 15) is 14.7 Å². The molecule has 2 N–H and O–H groups in total. The van der Waals surface area contributed by atoms with Crippen molar-refractivity contribution in [3.05, 3.63) is 17.7 Å². The number of amides is 1. The zero-order chi connectivity index (χ0) is 23.0. The minimum Gasteiger partial charge on any atom is -0.481 e. The highest BCUT2D eigenvalue weighted by atomic mass is 32.2. The molecule has 1 aromatic rings. The van der Waals surface area contributed by atoms with Crippen LogP contribution in [0.2, 0.25) is 0 Å². The Morgan fingerprint density at radius 3 is 2.52 bits per heavy atom. The van der Waals surface area contributed by atoms with Crippen LogP contribution in [0.4, 0.5) is 5.82 Å². The van der Waals surface area contributed by atoms with Crippen molar-refractivity contribution in [3.63, 3.8) is 0 Å². The van der Waals surface area contributed by atoms with E-state index < -0.39 is 5.97 Å². The van der Waals surface area contributed by atoms with Crippen molar-refractivity contribution in [3.8, 4) is 0 Å². The second-order valence-electron chi connectivity index (χ2n) is 11.1. The number of carboxylic acid groups (broad SMARTS) is 1. The number of anilines is 1. The smallest absolute Gasteiger partial charge is 0.303 e. The summed E-state index contributed by atoms with van der Waals surface area (Å²) in [6.07, 6.45) is 10.7. The van der Waals surface area contributed by atoms with Crippen molar-refractivity contribution in [1.29, 1.82) is 0 Å². The molecule has 0 radical (unpaired) electrons. The van der Waals surface area contributed by atoms with Gasteiger partial charge in [-0.25, -0.2) is 4.98 Å². The van der Waals surface area contributed by atoms with Crippen molar-refractivity contribution < 1.29 is 14.7 Å². The number of nitrogens with one attached hydrogen (secondary N) is 1. The summed E-state index contributed by atoms with van der Waals surface area (Å²) in [5, 5.41) is 13.5. The predicted molar refractivity (Wildman–Crippen MR) is 131 cm³/mol.